The van der Waals surface area contributed by atoms with Gasteiger partial charge in [0, 0.05) is 29.2 Å². The van der Waals surface area contributed by atoms with Crippen molar-refractivity contribution in [1.29, 1.82) is 0 Å². The fraction of sp³-hybridized carbons (Fsp3) is 0.0588. The fourth-order valence-electron chi connectivity index (χ4n) is 2.66. The highest BCUT2D eigenvalue weighted by Gasteiger charge is 2.09. The van der Waals surface area contributed by atoms with Crippen LogP contribution >= 0.6 is 11.6 Å². The van der Waals surface area contributed by atoms with Gasteiger partial charge in [-0.2, -0.15) is 0 Å². The summed E-state index contributed by atoms with van der Waals surface area (Å²) in [6.45, 7) is 2.08. The molecule has 4 aromatic rings. The van der Waals surface area contributed by atoms with Gasteiger partial charge in [0.05, 0.1) is 5.39 Å². The number of hydrogen-bond acceptors (Lipinski definition) is 2. The maximum Gasteiger partial charge on any atom is 0.149 e. The first-order valence-corrected chi connectivity index (χ1v) is 7.33. The number of nitrogens with zero attached hydrogens (tertiary/aromatic N) is 3. The number of nitrogens with one attached hydrogen (secondary N) is 1. The van der Waals surface area contributed by atoms with Crippen molar-refractivity contribution < 1.29 is 0 Å². The molecule has 5 heteroatoms. The Labute approximate surface area is 132 Å². The van der Waals surface area contributed by atoms with Gasteiger partial charge < -0.3 is 9.55 Å². The zero-order valence-electron chi connectivity index (χ0n) is 11.9. The first-order valence-electron chi connectivity index (χ1n) is 6.95. The normalized spacial score (nSPS) is 11.2. The van der Waals surface area contributed by atoms with E-state index in [4.69, 9.17) is 11.6 Å². The van der Waals surface area contributed by atoms with Crippen molar-refractivity contribution in [1.82, 2.24) is 19.5 Å². The summed E-state index contributed by atoms with van der Waals surface area (Å²) in [6.07, 6.45) is 7.50. The van der Waals surface area contributed by atoms with Crippen molar-refractivity contribution in [2.45, 2.75) is 6.92 Å². The van der Waals surface area contributed by atoms with E-state index >= 15 is 0 Å². The quantitative estimate of drug-likeness (QED) is 0.597. The minimum Gasteiger partial charge on any atom is -0.346 e. The van der Waals surface area contributed by atoms with Crippen molar-refractivity contribution in [3.63, 3.8) is 0 Å². The van der Waals surface area contributed by atoms with Gasteiger partial charge in [-0.1, -0.05) is 17.7 Å². The monoisotopic (exact) mass is 308 g/mol. The lowest BCUT2D eigenvalue weighted by molar-refractivity contribution is 1.01. The molecule has 4 nitrogen and oxygen atoms in total. The van der Waals surface area contributed by atoms with E-state index in [-0.39, 0.29) is 0 Å². The Morgan fingerprint density at radius 2 is 2.05 bits per heavy atom. The van der Waals surface area contributed by atoms with Crippen LogP contribution in [0.15, 0.2) is 55.2 Å². The van der Waals surface area contributed by atoms with Crippen LogP contribution in [0.4, 0.5) is 0 Å². The molecule has 0 aliphatic rings. The number of halogens is 1. The standard InChI is InChI=1S/C17H13ClN4/c1-11-2-3-13(18)8-15(11)12-5-7-22(9-12)17-14-4-6-19-16(14)20-10-21-17/h2-10H,1H3,(H,19,20,21). The summed E-state index contributed by atoms with van der Waals surface area (Å²) in [5, 5.41) is 1.73. The van der Waals surface area contributed by atoms with Gasteiger partial charge in [-0.3, -0.25) is 0 Å². The van der Waals surface area contributed by atoms with E-state index in [0.29, 0.717) is 0 Å². The second kappa shape index (κ2) is 5.00. The second-order valence-corrected chi connectivity index (χ2v) is 5.64. The van der Waals surface area contributed by atoms with Gasteiger partial charge in [0.25, 0.3) is 0 Å². The molecule has 0 aliphatic carbocycles. The lowest BCUT2D eigenvalue weighted by atomic mass is 10.0. The Bertz CT molecular complexity index is 968. The molecule has 1 N–H and O–H groups in total. The SMILES string of the molecule is Cc1ccc(Cl)cc1-c1ccn(-c2ncnc3[nH]ccc23)c1. The smallest absolute Gasteiger partial charge is 0.149 e. The Balaban J connectivity index is 1.85. The van der Waals surface area contributed by atoms with E-state index in [1.165, 1.54) is 5.56 Å². The molecule has 0 aliphatic heterocycles. The van der Waals surface area contributed by atoms with Crippen LogP contribution in [0, 0.1) is 6.92 Å². The number of fused-ring (bicyclic) bond motifs is 1. The first-order chi connectivity index (χ1) is 10.7. The number of aromatic amines is 1. The van der Waals surface area contributed by atoms with Crippen LogP contribution < -0.4 is 0 Å². The lowest BCUT2D eigenvalue weighted by Crippen LogP contribution is -1.95. The van der Waals surface area contributed by atoms with Gasteiger partial charge in [0.15, 0.2) is 0 Å². The highest BCUT2D eigenvalue weighted by molar-refractivity contribution is 6.30. The summed E-state index contributed by atoms with van der Waals surface area (Å²) >= 11 is 6.12. The summed E-state index contributed by atoms with van der Waals surface area (Å²) in [5.74, 6) is 0.859. The van der Waals surface area contributed by atoms with Crippen molar-refractivity contribution in [2.24, 2.45) is 0 Å². The lowest BCUT2D eigenvalue weighted by Gasteiger charge is -2.05. The molecule has 0 amide bonds. The number of hydrogen-bond donors (Lipinski definition) is 1. The van der Waals surface area contributed by atoms with Gasteiger partial charge in [-0.15, -0.1) is 0 Å². The van der Waals surface area contributed by atoms with Gasteiger partial charge >= 0.3 is 0 Å². The van der Waals surface area contributed by atoms with Crippen LogP contribution in [-0.2, 0) is 0 Å². The third-order valence-corrected chi connectivity index (χ3v) is 4.02. The summed E-state index contributed by atoms with van der Waals surface area (Å²) in [4.78, 5) is 11.7. The van der Waals surface area contributed by atoms with E-state index in [1.807, 2.05) is 41.2 Å². The molecule has 108 valence electrons. The summed E-state index contributed by atoms with van der Waals surface area (Å²) < 4.78 is 2.01. The Kier molecular flexibility index (Phi) is 2.98. The van der Waals surface area contributed by atoms with E-state index < -0.39 is 0 Å². The minimum atomic E-state index is 0.739. The molecule has 0 spiro atoms. The molecule has 0 bridgehead atoms. The summed E-state index contributed by atoms with van der Waals surface area (Å²) in [5.41, 5.74) is 4.27. The summed E-state index contributed by atoms with van der Waals surface area (Å²) in [6, 6.07) is 9.98. The third kappa shape index (κ3) is 2.09. The van der Waals surface area contributed by atoms with Gasteiger partial charge in [-0.25, -0.2) is 9.97 Å². The van der Waals surface area contributed by atoms with E-state index in [1.54, 1.807) is 6.33 Å². The van der Waals surface area contributed by atoms with Crippen LogP contribution in [0.5, 0.6) is 0 Å². The van der Waals surface area contributed by atoms with E-state index in [0.717, 1.165) is 33.0 Å². The van der Waals surface area contributed by atoms with Crippen molar-refractivity contribution >= 4 is 22.6 Å². The number of aromatic nitrogens is 4. The Morgan fingerprint density at radius 3 is 2.95 bits per heavy atom. The average molecular weight is 309 g/mol. The number of rotatable bonds is 2. The second-order valence-electron chi connectivity index (χ2n) is 5.20. The van der Waals surface area contributed by atoms with Gasteiger partial charge in [0.1, 0.15) is 17.8 Å². The molecule has 0 saturated carbocycles. The molecule has 0 radical (unpaired) electrons. The minimum absolute atomic E-state index is 0.739. The molecular weight excluding hydrogens is 296 g/mol. The highest BCUT2D eigenvalue weighted by Crippen LogP contribution is 2.28. The molecule has 0 fully saturated rings. The van der Waals surface area contributed by atoms with E-state index in [2.05, 4.69) is 34.1 Å². The zero-order chi connectivity index (χ0) is 15.1. The third-order valence-electron chi connectivity index (χ3n) is 3.78. The van der Waals surface area contributed by atoms with Gasteiger partial charge in [0.2, 0.25) is 0 Å². The first kappa shape index (κ1) is 13.1. The maximum absolute atomic E-state index is 6.12. The maximum atomic E-state index is 6.12. The van der Waals surface area contributed by atoms with Crippen LogP contribution in [0.3, 0.4) is 0 Å². The molecule has 0 atom stereocenters. The molecule has 1 aromatic carbocycles. The highest BCUT2D eigenvalue weighted by atomic mass is 35.5. The van der Waals surface area contributed by atoms with Crippen LogP contribution in [-0.4, -0.2) is 19.5 Å². The van der Waals surface area contributed by atoms with Crippen LogP contribution in [0.2, 0.25) is 5.02 Å². The molecule has 4 rings (SSSR count). The Hall–Kier alpha value is -2.59. The van der Waals surface area contributed by atoms with Crippen LogP contribution in [0.25, 0.3) is 28.0 Å². The van der Waals surface area contributed by atoms with Gasteiger partial charge in [-0.05, 0) is 42.3 Å². The molecular formula is C17H13ClN4. The van der Waals surface area contributed by atoms with Crippen LogP contribution in [0.1, 0.15) is 5.56 Å². The topological polar surface area (TPSA) is 46.5 Å². The molecule has 0 unspecified atom stereocenters. The fourth-order valence-corrected chi connectivity index (χ4v) is 2.83. The van der Waals surface area contributed by atoms with Crippen molar-refractivity contribution in [2.75, 3.05) is 0 Å². The van der Waals surface area contributed by atoms with E-state index in [9.17, 15) is 0 Å². The average Bonchev–Trinajstić information content (AvgIpc) is 3.17. The number of aryl methyl sites for hydroxylation is 1. The molecule has 0 saturated heterocycles. The van der Waals surface area contributed by atoms with Crippen molar-refractivity contribution in [3.05, 3.63) is 65.8 Å². The molecule has 3 aromatic heterocycles. The predicted molar refractivity (Wildman–Crippen MR) is 88.4 cm³/mol. The number of H-pyrrole nitrogens is 1. The number of benzene rings is 1. The largest absolute Gasteiger partial charge is 0.346 e. The van der Waals surface area contributed by atoms with Crippen molar-refractivity contribution in [3.8, 4) is 16.9 Å². The molecule has 3 heterocycles. The molecule has 22 heavy (non-hydrogen) atoms. The predicted octanol–water partition coefficient (Wildman–Crippen LogP) is 4.38. The summed E-state index contributed by atoms with van der Waals surface area (Å²) in [7, 11) is 0. The zero-order valence-corrected chi connectivity index (χ0v) is 12.7. The Morgan fingerprint density at radius 1 is 1.14 bits per heavy atom.